The third-order valence-electron chi connectivity index (χ3n) is 23.1. The number of phenolic OH excluding ortho intramolecular Hbond substituents is 2. The number of Topliss-reactive ketones (excluding diaryl/α,β-unsaturated/α-hetero) is 1. The van der Waals surface area contributed by atoms with E-state index in [9.17, 15) is 39.0 Å². The van der Waals surface area contributed by atoms with Crippen LogP contribution in [0.1, 0.15) is 199 Å². The maximum Gasteiger partial charge on any atom is 0.260 e. The molecule has 0 spiro atoms. The Morgan fingerprint density at radius 2 is 1.01 bits per heavy atom. The van der Waals surface area contributed by atoms with Crippen molar-refractivity contribution in [1.29, 1.82) is 0 Å². The van der Waals surface area contributed by atoms with Crippen molar-refractivity contribution in [3.05, 3.63) is 137 Å². The van der Waals surface area contributed by atoms with Gasteiger partial charge < -0.3 is 92.8 Å². The first kappa shape index (κ1) is 95.6. The number of aromatic hydroxyl groups is 2. The first-order chi connectivity index (χ1) is 59.9. The van der Waals surface area contributed by atoms with Crippen molar-refractivity contribution in [2.75, 3.05) is 145 Å². The Labute approximate surface area is 725 Å². The smallest absolute Gasteiger partial charge is 0.260 e. The summed E-state index contributed by atoms with van der Waals surface area (Å²) in [5.41, 5.74) is 8.53. The minimum atomic E-state index is -0.831. The summed E-state index contributed by atoms with van der Waals surface area (Å²) in [6.07, 6.45) is 26.8. The molecule has 1 aliphatic carbocycles. The van der Waals surface area contributed by atoms with E-state index >= 15 is 0 Å². The van der Waals surface area contributed by atoms with E-state index in [1.54, 1.807) is 73.6 Å². The number of amides is 5. The van der Waals surface area contributed by atoms with Gasteiger partial charge >= 0.3 is 0 Å². The molecule has 27 heteroatoms. The molecule has 0 bridgehead atoms. The van der Waals surface area contributed by atoms with Gasteiger partial charge in [0.1, 0.15) is 23.3 Å². The lowest BCUT2D eigenvalue weighted by atomic mass is 9.89. The molecule has 5 aromatic carbocycles. The number of ketones is 1. The highest BCUT2D eigenvalue weighted by Crippen LogP contribution is 2.43. The van der Waals surface area contributed by atoms with Crippen LogP contribution in [-0.4, -0.2) is 226 Å². The van der Waals surface area contributed by atoms with Crippen LogP contribution in [0, 0.1) is 23.7 Å². The Morgan fingerprint density at radius 1 is 0.504 bits per heavy atom. The number of carbonyl (C=O) groups excluding carboxylic acids is 6. The number of aryl methyl sites for hydroxylation is 2. The van der Waals surface area contributed by atoms with Gasteiger partial charge in [-0.05, 0) is 165 Å². The molecule has 1 saturated carbocycles. The molecular formula is C96H131N7O20. The average Bonchev–Trinajstić information content (AvgIpc) is 1.64. The number of carbonyl (C=O) groups is 6. The normalized spacial score (nSPS) is 17.1. The minimum absolute atomic E-state index is 0.0212. The summed E-state index contributed by atoms with van der Waals surface area (Å²) >= 11 is 0. The molecule has 4 aliphatic heterocycles. The fourth-order valence-corrected chi connectivity index (χ4v) is 16.0. The standard InChI is InChI=1S/C96H131N7O20/c1-7-15-69-16-13-17-70(23-22-69)24-25-71-26-28-72(29-27-71)75-56-78-63-98-85-61-90(88(112-5)59-83(85)95(110)102(78)65-75)122-38-11-8-12-39-123-91-62-86-84(60-89(91)113-6)96(111)103-66-76(57-79(103)64-99-86)73-30-32-77(33-31-73)101-93(108)68(4)100-94(109)82(67(2)3)20-14-19-80(104)36-40-114-42-44-116-46-48-118-50-52-120-54-55-121-53-51-119-49-47-117-45-43-115-41-37-97-92(107)21-10-9-18-74-58-81(105)34-35-87(74)106/h26-35,58-70,78-79,82,105-106H,7-25,36-57H2,1-6H3,(H,97,107)(H,100,109)(H,101,108). The molecule has 1 fully saturated rings. The number of nitrogens with zero attached hydrogens (tertiary/aromatic N) is 4. The zero-order valence-corrected chi connectivity index (χ0v) is 73.0. The molecule has 0 radical (unpaired) electrons. The second-order valence-electron chi connectivity index (χ2n) is 32.5. The van der Waals surface area contributed by atoms with Gasteiger partial charge in [-0.3, -0.25) is 38.8 Å². The van der Waals surface area contributed by atoms with Gasteiger partial charge in [0, 0.05) is 87.2 Å². The zero-order chi connectivity index (χ0) is 86.9. The third-order valence-corrected chi connectivity index (χ3v) is 23.1. The second-order valence-corrected chi connectivity index (χ2v) is 32.5. The number of unbranched alkanes of at least 4 members (excludes halogenated alkanes) is 3. The van der Waals surface area contributed by atoms with E-state index in [0.29, 0.717) is 227 Å². The van der Waals surface area contributed by atoms with Gasteiger partial charge in [-0.2, -0.15) is 0 Å². The molecule has 5 N–H and O–H groups in total. The molecule has 6 unspecified atom stereocenters. The van der Waals surface area contributed by atoms with E-state index in [-0.39, 0.29) is 77.8 Å². The lowest BCUT2D eigenvalue weighted by molar-refractivity contribution is -0.130. The molecule has 27 nitrogen and oxygen atoms in total. The van der Waals surface area contributed by atoms with Crippen LogP contribution in [0.4, 0.5) is 17.1 Å². The van der Waals surface area contributed by atoms with Crippen LogP contribution in [0.25, 0.3) is 11.1 Å². The zero-order valence-electron chi connectivity index (χ0n) is 73.0. The third kappa shape index (κ3) is 31.3. The fraction of sp³-hybridized carbons (Fsp3) is 0.562. The Morgan fingerprint density at radius 3 is 1.52 bits per heavy atom. The largest absolute Gasteiger partial charge is 0.508 e. The lowest BCUT2D eigenvalue weighted by Crippen LogP contribution is -2.45. The Balaban J connectivity index is 0.521. The van der Waals surface area contributed by atoms with Crippen LogP contribution in [0.15, 0.2) is 113 Å². The van der Waals surface area contributed by atoms with E-state index in [1.807, 2.05) is 44.6 Å². The number of phenols is 2. The maximum absolute atomic E-state index is 14.2. The highest BCUT2D eigenvalue weighted by Gasteiger charge is 2.36. The number of ether oxygens (including phenoxy) is 12. The Hall–Kier alpha value is -9.58. The van der Waals surface area contributed by atoms with Crippen LogP contribution in [0.3, 0.4) is 0 Å². The van der Waals surface area contributed by atoms with Gasteiger partial charge in [0.15, 0.2) is 23.0 Å². The predicted octanol–water partition coefficient (Wildman–Crippen LogP) is 15.1. The van der Waals surface area contributed by atoms with Crippen molar-refractivity contribution < 1.29 is 95.8 Å². The summed E-state index contributed by atoms with van der Waals surface area (Å²) in [7, 11) is 3.12. The van der Waals surface area contributed by atoms with Gasteiger partial charge in [-0.25, -0.2) is 0 Å². The lowest BCUT2D eigenvalue weighted by Gasteiger charge is -2.22. The van der Waals surface area contributed by atoms with Crippen LogP contribution in [0.2, 0.25) is 0 Å². The van der Waals surface area contributed by atoms with Gasteiger partial charge in [-0.1, -0.05) is 102 Å². The fourth-order valence-electron chi connectivity index (χ4n) is 16.0. The van der Waals surface area contributed by atoms with Crippen molar-refractivity contribution in [3.8, 4) is 34.5 Å². The summed E-state index contributed by atoms with van der Waals surface area (Å²) in [6.45, 7) is 15.5. The van der Waals surface area contributed by atoms with Crippen LogP contribution in [0.5, 0.6) is 34.5 Å². The average molecular weight is 1700 g/mol. The molecule has 670 valence electrons. The molecule has 123 heavy (non-hydrogen) atoms. The van der Waals surface area contributed by atoms with Crippen LogP contribution >= 0.6 is 0 Å². The summed E-state index contributed by atoms with van der Waals surface area (Å²) < 4.78 is 68.5. The highest BCUT2D eigenvalue weighted by molar-refractivity contribution is 6.07. The first-order valence-electron chi connectivity index (χ1n) is 44.5. The number of fused-ring (bicyclic) bond motifs is 4. The highest BCUT2D eigenvalue weighted by atomic mass is 16.6. The number of methoxy groups -OCH3 is 2. The molecule has 5 aromatic rings. The van der Waals surface area contributed by atoms with Gasteiger partial charge in [0.25, 0.3) is 11.8 Å². The van der Waals surface area contributed by atoms with Crippen molar-refractivity contribution >= 4 is 76.0 Å². The molecular weight excluding hydrogens is 1570 g/mol. The summed E-state index contributed by atoms with van der Waals surface area (Å²) in [5.74, 6) is 2.49. The summed E-state index contributed by atoms with van der Waals surface area (Å²) in [4.78, 5) is 93.3. The van der Waals surface area contributed by atoms with Crippen molar-refractivity contribution in [3.63, 3.8) is 0 Å². The number of rotatable bonds is 58. The monoisotopic (exact) mass is 1700 g/mol. The van der Waals surface area contributed by atoms with E-state index in [0.717, 1.165) is 66.2 Å². The van der Waals surface area contributed by atoms with E-state index in [2.05, 4.69) is 47.1 Å². The quantitative estimate of drug-likeness (QED) is 0.0137. The Kier molecular flexibility index (Phi) is 40.6. The molecule has 0 saturated heterocycles. The second kappa shape index (κ2) is 52.3. The van der Waals surface area contributed by atoms with E-state index in [4.69, 9.17) is 66.8 Å². The molecule has 0 aromatic heterocycles. The van der Waals surface area contributed by atoms with E-state index in [1.165, 1.54) is 75.1 Å². The summed E-state index contributed by atoms with van der Waals surface area (Å²) in [6, 6.07) is 26.4. The molecule has 6 atom stereocenters. The number of hydrogen-bond acceptors (Lipinski definition) is 22. The first-order valence-corrected chi connectivity index (χ1v) is 44.5. The summed E-state index contributed by atoms with van der Waals surface area (Å²) in [5, 5.41) is 28.1. The van der Waals surface area contributed by atoms with Crippen molar-refractivity contribution in [2.45, 2.75) is 187 Å². The Bertz CT molecular complexity index is 4280. The predicted molar refractivity (Wildman–Crippen MR) is 473 cm³/mol. The number of anilines is 1. The number of nitrogens with one attached hydrogen (secondary N) is 3. The van der Waals surface area contributed by atoms with Gasteiger partial charge in [-0.15, -0.1) is 0 Å². The number of benzene rings is 5. The molecule has 5 aliphatic rings. The van der Waals surface area contributed by atoms with Crippen LogP contribution in [-0.2, 0) is 69.9 Å². The molecule has 5 amide bonds. The van der Waals surface area contributed by atoms with Gasteiger partial charge in [0.2, 0.25) is 17.7 Å². The topological polar surface area (TPSA) is 321 Å². The SMILES string of the molecule is CCCC1CCCC(CCc2ccc(C3=CN4C(=O)c5cc(OC)c(OCCCCCOc6cc7c(cc6OC)C(=O)N6C=C(c8ccc(NC(=O)C(C)NC(=O)C(CCCC(=O)CCOCCOCCOCCOCCOCCOCCOCCOCCNC(=O)CCCCc9cc(O)ccc9O)C(C)C)cc8)CC6C=N7)cc5N=CC4C3)cc2)CC1. The van der Waals surface area contributed by atoms with Crippen LogP contribution < -0.4 is 34.9 Å². The van der Waals surface area contributed by atoms with Crippen molar-refractivity contribution in [2.24, 2.45) is 33.7 Å². The van der Waals surface area contributed by atoms with Crippen molar-refractivity contribution in [1.82, 2.24) is 20.4 Å². The molecule has 4 heterocycles. The number of aliphatic imine (C=N–C) groups is 2. The van der Waals surface area contributed by atoms with E-state index < -0.39 is 12.0 Å². The number of hydrogen-bond donors (Lipinski definition) is 5. The van der Waals surface area contributed by atoms with Gasteiger partial charge in [0.05, 0.1) is 168 Å². The maximum atomic E-state index is 14.2. The molecule has 10 rings (SSSR count). The minimum Gasteiger partial charge on any atom is -0.508 e.